The fraction of sp³-hybridized carbons (Fsp3) is 0.316. The summed E-state index contributed by atoms with van der Waals surface area (Å²) in [5.41, 5.74) is 1.36. The highest BCUT2D eigenvalue weighted by Gasteiger charge is 2.12. The number of nitriles is 1. The van der Waals surface area contributed by atoms with E-state index in [1.165, 1.54) is 0 Å². The number of benzene rings is 1. The lowest BCUT2D eigenvalue weighted by Gasteiger charge is -2.14. The lowest BCUT2D eigenvalue weighted by molar-refractivity contribution is 0.277. The van der Waals surface area contributed by atoms with Crippen molar-refractivity contribution in [1.82, 2.24) is 10.2 Å². The SMILES string of the molecule is CCCOc1c(Cl)cc(/C=C/c2n[nH]c(=O)c(C#N)c2C)cc1OCC. The number of rotatable bonds is 7. The van der Waals surface area contributed by atoms with Crippen LogP contribution in [0, 0.1) is 18.3 Å². The number of H-pyrrole nitrogens is 1. The summed E-state index contributed by atoms with van der Waals surface area (Å²) in [5.74, 6) is 1.09. The molecule has 2 rings (SSSR count). The number of aromatic nitrogens is 2. The Kier molecular flexibility index (Phi) is 6.81. The van der Waals surface area contributed by atoms with Gasteiger partial charge < -0.3 is 9.47 Å². The molecule has 26 heavy (non-hydrogen) atoms. The van der Waals surface area contributed by atoms with Crippen LogP contribution in [-0.4, -0.2) is 23.4 Å². The molecule has 0 bridgehead atoms. The van der Waals surface area contributed by atoms with Crippen LogP contribution in [0.1, 0.15) is 42.7 Å². The number of aromatic amines is 1. The van der Waals surface area contributed by atoms with E-state index in [9.17, 15) is 4.79 Å². The number of hydrogen-bond acceptors (Lipinski definition) is 5. The molecule has 136 valence electrons. The summed E-state index contributed by atoms with van der Waals surface area (Å²) in [4.78, 5) is 11.6. The summed E-state index contributed by atoms with van der Waals surface area (Å²) >= 11 is 6.34. The highest BCUT2D eigenvalue weighted by Crippen LogP contribution is 2.37. The first-order chi connectivity index (χ1) is 12.5. The molecule has 0 atom stereocenters. The highest BCUT2D eigenvalue weighted by molar-refractivity contribution is 6.32. The van der Waals surface area contributed by atoms with E-state index >= 15 is 0 Å². The van der Waals surface area contributed by atoms with Gasteiger partial charge in [0.05, 0.1) is 23.9 Å². The molecule has 0 aliphatic rings. The lowest BCUT2D eigenvalue weighted by atomic mass is 10.1. The minimum Gasteiger partial charge on any atom is -0.490 e. The zero-order chi connectivity index (χ0) is 19.1. The first-order valence-corrected chi connectivity index (χ1v) is 8.66. The Morgan fingerprint density at radius 1 is 1.31 bits per heavy atom. The topological polar surface area (TPSA) is 88.0 Å². The van der Waals surface area contributed by atoms with Gasteiger partial charge in [-0.25, -0.2) is 5.10 Å². The molecule has 6 nitrogen and oxygen atoms in total. The molecule has 0 saturated carbocycles. The number of nitrogens with zero attached hydrogens (tertiary/aromatic N) is 2. The lowest BCUT2D eigenvalue weighted by Crippen LogP contribution is -2.15. The van der Waals surface area contributed by atoms with Crippen molar-refractivity contribution in [3.05, 3.63) is 49.9 Å². The molecule has 1 heterocycles. The second kappa shape index (κ2) is 9.07. The Morgan fingerprint density at radius 2 is 2.08 bits per heavy atom. The fourth-order valence-corrected chi connectivity index (χ4v) is 2.59. The van der Waals surface area contributed by atoms with Crippen LogP contribution >= 0.6 is 11.6 Å². The van der Waals surface area contributed by atoms with E-state index in [1.54, 1.807) is 25.1 Å². The second-order valence-corrected chi connectivity index (χ2v) is 5.90. The van der Waals surface area contributed by atoms with Crippen molar-refractivity contribution in [2.45, 2.75) is 27.2 Å². The Hall–Kier alpha value is -2.78. The Balaban J connectivity index is 2.39. The second-order valence-electron chi connectivity index (χ2n) is 5.49. The van der Waals surface area contributed by atoms with Gasteiger partial charge in [0.2, 0.25) is 0 Å². The first-order valence-electron chi connectivity index (χ1n) is 8.28. The van der Waals surface area contributed by atoms with Gasteiger partial charge in [-0.3, -0.25) is 4.79 Å². The zero-order valence-corrected chi connectivity index (χ0v) is 15.7. The maximum atomic E-state index is 11.6. The van der Waals surface area contributed by atoms with Gasteiger partial charge in [-0.15, -0.1) is 0 Å². The maximum absolute atomic E-state index is 11.6. The van der Waals surface area contributed by atoms with Crippen molar-refractivity contribution in [3.63, 3.8) is 0 Å². The van der Waals surface area contributed by atoms with Crippen LogP contribution in [0.15, 0.2) is 16.9 Å². The van der Waals surface area contributed by atoms with Gasteiger partial charge in [0, 0.05) is 0 Å². The van der Waals surface area contributed by atoms with Gasteiger partial charge in [-0.05, 0) is 49.6 Å². The van der Waals surface area contributed by atoms with Gasteiger partial charge >= 0.3 is 0 Å². The molecule has 1 aromatic carbocycles. The molecule has 2 aromatic rings. The predicted octanol–water partition coefficient (Wildman–Crippen LogP) is 3.96. The zero-order valence-electron chi connectivity index (χ0n) is 14.9. The molecule has 0 amide bonds. The van der Waals surface area contributed by atoms with Gasteiger partial charge in [0.15, 0.2) is 11.5 Å². The van der Waals surface area contributed by atoms with Crippen LogP contribution in [0.25, 0.3) is 12.2 Å². The molecule has 1 N–H and O–H groups in total. The Morgan fingerprint density at radius 3 is 2.73 bits per heavy atom. The Labute approximate surface area is 157 Å². The van der Waals surface area contributed by atoms with Crippen LogP contribution in [-0.2, 0) is 0 Å². The molecular weight excluding hydrogens is 354 g/mol. The summed E-state index contributed by atoms with van der Waals surface area (Å²) in [6.07, 6.45) is 4.36. The van der Waals surface area contributed by atoms with Crippen molar-refractivity contribution in [2.24, 2.45) is 0 Å². The van der Waals surface area contributed by atoms with Crippen molar-refractivity contribution >= 4 is 23.8 Å². The van der Waals surface area contributed by atoms with E-state index in [0.29, 0.717) is 41.0 Å². The minimum absolute atomic E-state index is 0.0519. The van der Waals surface area contributed by atoms with Crippen molar-refractivity contribution < 1.29 is 9.47 Å². The van der Waals surface area contributed by atoms with E-state index in [2.05, 4.69) is 10.2 Å². The van der Waals surface area contributed by atoms with Crippen LogP contribution in [0.5, 0.6) is 11.5 Å². The monoisotopic (exact) mass is 373 g/mol. The third kappa shape index (κ3) is 4.44. The summed E-state index contributed by atoms with van der Waals surface area (Å²) in [6, 6.07) is 5.47. The number of nitrogens with one attached hydrogen (secondary N) is 1. The maximum Gasteiger partial charge on any atom is 0.282 e. The molecule has 0 aliphatic carbocycles. The third-order valence-electron chi connectivity index (χ3n) is 3.59. The largest absolute Gasteiger partial charge is 0.490 e. The number of hydrogen-bond donors (Lipinski definition) is 1. The highest BCUT2D eigenvalue weighted by atomic mass is 35.5. The molecule has 0 unspecified atom stereocenters. The van der Waals surface area contributed by atoms with Gasteiger partial charge in [0.25, 0.3) is 5.56 Å². The van der Waals surface area contributed by atoms with Crippen LogP contribution < -0.4 is 15.0 Å². The van der Waals surface area contributed by atoms with Crippen molar-refractivity contribution in [3.8, 4) is 17.6 Å². The predicted molar refractivity (Wildman–Crippen MR) is 102 cm³/mol. The summed E-state index contributed by atoms with van der Waals surface area (Å²) in [5, 5.41) is 15.8. The van der Waals surface area contributed by atoms with E-state index in [4.69, 9.17) is 26.3 Å². The van der Waals surface area contributed by atoms with Crippen LogP contribution in [0.2, 0.25) is 5.02 Å². The third-order valence-corrected chi connectivity index (χ3v) is 3.87. The summed E-state index contributed by atoms with van der Waals surface area (Å²) < 4.78 is 11.3. The molecule has 0 saturated heterocycles. The van der Waals surface area contributed by atoms with Gasteiger partial charge in [-0.1, -0.05) is 24.6 Å². The average molecular weight is 374 g/mol. The normalized spacial score (nSPS) is 10.7. The van der Waals surface area contributed by atoms with Gasteiger partial charge in [0.1, 0.15) is 11.6 Å². The molecular formula is C19H20ClN3O3. The average Bonchev–Trinajstić information content (AvgIpc) is 2.61. The van der Waals surface area contributed by atoms with Crippen molar-refractivity contribution in [1.29, 1.82) is 5.26 Å². The Bertz CT molecular complexity index is 913. The summed E-state index contributed by atoms with van der Waals surface area (Å²) in [6.45, 7) is 6.61. The van der Waals surface area contributed by atoms with Crippen LogP contribution in [0.3, 0.4) is 0 Å². The molecule has 0 aliphatic heterocycles. The van der Waals surface area contributed by atoms with Crippen molar-refractivity contribution in [2.75, 3.05) is 13.2 Å². The summed E-state index contributed by atoms with van der Waals surface area (Å²) in [7, 11) is 0. The number of ether oxygens (including phenoxy) is 2. The smallest absolute Gasteiger partial charge is 0.282 e. The molecule has 1 aromatic heterocycles. The molecule has 0 fully saturated rings. The van der Waals surface area contributed by atoms with Gasteiger partial charge in [-0.2, -0.15) is 10.4 Å². The van der Waals surface area contributed by atoms with E-state index in [1.807, 2.05) is 26.0 Å². The van der Waals surface area contributed by atoms with E-state index < -0.39 is 5.56 Å². The van der Waals surface area contributed by atoms with Crippen LogP contribution in [0.4, 0.5) is 0 Å². The number of halogens is 1. The van der Waals surface area contributed by atoms with E-state index in [0.717, 1.165) is 12.0 Å². The minimum atomic E-state index is -0.499. The molecule has 0 spiro atoms. The standard InChI is InChI=1S/C19H20ClN3O3/c1-4-8-26-18-15(20)9-13(10-17(18)25-5-2)6-7-16-12(3)14(11-21)19(24)23-22-16/h6-7,9-10H,4-5,8H2,1-3H3,(H,23,24)/b7-6+. The van der Waals surface area contributed by atoms with E-state index in [-0.39, 0.29) is 5.56 Å². The molecule has 0 radical (unpaired) electrons. The fourth-order valence-electron chi connectivity index (χ4n) is 2.31. The molecule has 7 heteroatoms. The first kappa shape index (κ1) is 19.5. The quantitative estimate of drug-likeness (QED) is 0.793.